The smallest absolute Gasteiger partial charge is 0.0535 e. The molecule has 1 aromatic carbocycles. The lowest BCUT2D eigenvalue weighted by molar-refractivity contribution is 0.0466. The Morgan fingerprint density at radius 2 is 1.95 bits per heavy atom. The van der Waals surface area contributed by atoms with Gasteiger partial charge in [-0.15, -0.1) is 0 Å². The van der Waals surface area contributed by atoms with Crippen LogP contribution < -0.4 is 5.32 Å². The molecule has 2 nitrogen and oxygen atoms in total. The van der Waals surface area contributed by atoms with Crippen LogP contribution in [0.2, 0.25) is 0 Å². The maximum Gasteiger partial charge on any atom is 0.0535 e. The molecule has 2 fully saturated rings. The van der Waals surface area contributed by atoms with Crippen LogP contribution in [0.3, 0.4) is 0 Å². The summed E-state index contributed by atoms with van der Waals surface area (Å²) in [5, 5.41) is 3.77. The second kappa shape index (κ2) is 6.50. The Labute approximate surface area is 129 Å². The molecule has 2 heteroatoms. The third kappa shape index (κ3) is 3.17. The highest BCUT2D eigenvalue weighted by molar-refractivity contribution is 5.25. The van der Waals surface area contributed by atoms with Crippen molar-refractivity contribution in [2.24, 2.45) is 5.92 Å². The zero-order valence-corrected chi connectivity index (χ0v) is 13.6. The van der Waals surface area contributed by atoms with Crippen molar-refractivity contribution >= 4 is 0 Å². The van der Waals surface area contributed by atoms with Crippen molar-refractivity contribution in [2.75, 3.05) is 19.6 Å². The Hall–Kier alpha value is -0.860. The average molecular weight is 286 g/mol. The molecular weight excluding hydrogens is 256 g/mol. The molecule has 3 atom stereocenters. The first-order chi connectivity index (χ1) is 10.2. The van der Waals surface area contributed by atoms with E-state index in [0.717, 1.165) is 25.0 Å². The van der Waals surface area contributed by atoms with Gasteiger partial charge in [0.15, 0.2) is 0 Å². The molecule has 1 N–H and O–H groups in total. The van der Waals surface area contributed by atoms with Crippen molar-refractivity contribution < 1.29 is 0 Å². The summed E-state index contributed by atoms with van der Waals surface area (Å²) in [6.07, 6.45) is 7.05. The van der Waals surface area contributed by atoms with E-state index in [4.69, 9.17) is 0 Å². The Balaban J connectivity index is 1.76. The predicted octanol–water partition coefficient (Wildman–Crippen LogP) is 3.78. The van der Waals surface area contributed by atoms with Gasteiger partial charge in [-0.2, -0.15) is 0 Å². The van der Waals surface area contributed by atoms with Gasteiger partial charge >= 0.3 is 0 Å². The highest BCUT2D eigenvalue weighted by Gasteiger charge is 2.37. The van der Waals surface area contributed by atoms with Crippen LogP contribution in [0.4, 0.5) is 0 Å². The fourth-order valence-corrected chi connectivity index (χ4v) is 4.44. The number of nitrogens with one attached hydrogen (secondary N) is 1. The lowest BCUT2D eigenvalue weighted by Gasteiger charge is -2.48. The monoisotopic (exact) mass is 286 g/mol. The number of benzene rings is 1. The zero-order valence-electron chi connectivity index (χ0n) is 13.6. The second-order valence-corrected chi connectivity index (χ2v) is 7.12. The molecule has 21 heavy (non-hydrogen) atoms. The largest absolute Gasteiger partial charge is 0.305 e. The maximum atomic E-state index is 3.77. The molecule has 1 aliphatic carbocycles. The Morgan fingerprint density at radius 3 is 2.71 bits per heavy atom. The van der Waals surface area contributed by atoms with Gasteiger partial charge in [0.25, 0.3) is 0 Å². The molecule has 0 spiro atoms. The van der Waals surface area contributed by atoms with E-state index >= 15 is 0 Å². The quantitative estimate of drug-likeness (QED) is 0.910. The molecule has 2 aliphatic rings. The molecular formula is C19H30N2. The van der Waals surface area contributed by atoms with Crippen molar-refractivity contribution in [1.29, 1.82) is 0 Å². The molecule has 1 saturated heterocycles. The molecule has 1 saturated carbocycles. The van der Waals surface area contributed by atoms with Crippen LogP contribution in [0.25, 0.3) is 0 Å². The fourth-order valence-electron chi connectivity index (χ4n) is 4.44. The maximum absolute atomic E-state index is 3.77. The summed E-state index contributed by atoms with van der Waals surface area (Å²) in [7, 11) is 0. The van der Waals surface area contributed by atoms with E-state index in [1.54, 1.807) is 0 Å². The Bertz CT molecular complexity index is 444. The first-order valence-corrected chi connectivity index (χ1v) is 8.77. The molecule has 3 rings (SSSR count). The van der Waals surface area contributed by atoms with Gasteiger partial charge in [-0.05, 0) is 31.2 Å². The van der Waals surface area contributed by atoms with Gasteiger partial charge in [-0.25, -0.2) is 0 Å². The van der Waals surface area contributed by atoms with Crippen molar-refractivity contribution in [3.8, 4) is 0 Å². The van der Waals surface area contributed by atoms with Gasteiger partial charge < -0.3 is 5.32 Å². The number of piperazine rings is 1. The summed E-state index contributed by atoms with van der Waals surface area (Å²) in [4.78, 5) is 2.79. The molecule has 0 amide bonds. The summed E-state index contributed by atoms with van der Waals surface area (Å²) in [5.74, 6) is 0.914. The van der Waals surface area contributed by atoms with E-state index in [0.29, 0.717) is 0 Å². The summed E-state index contributed by atoms with van der Waals surface area (Å²) in [5.41, 5.74) is 1.54. The third-order valence-corrected chi connectivity index (χ3v) is 5.71. The van der Waals surface area contributed by atoms with Gasteiger partial charge in [0, 0.05) is 25.7 Å². The van der Waals surface area contributed by atoms with Crippen molar-refractivity contribution in [1.82, 2.24) is 10.2 Å². The highest BCUT2D eigenvalue weighted by Crippen LogP contribution is 2.34. The summed E-state index contributed by atoms with van der Waals surface area (Å²) in [6.45, 7) is 8.22. The zero-order chi connectivity index (χ0) is 14.7. The standard InChI is InChI=1S/C19H30N2/c1-3-16-9-7-8-12-18(16)21-14-13-20-19(2,15-21)17-10-5-4-6-11-17/h4-6,10-11,16,18,20H,3,7-9,12-15H2,1-2H3. The van der Waals surface area contributed by atoms with Gasteiger partial charge in [-0.3, -0.25) is 4.90 Å². The normalized spacial score (nSPS) is 34.8. The van der Waals surface area contributed by atoms with Gasteiger partial charge in [0.2, 0.25) is 0 Å². The van der Waals surface area contributed by atoms with E-state index in [1.807, 2.05) is 0 Å². The van der Waals surface area contributed by atoms with Crippen LogP contribution in [-0.4, -0.2) is 30.6 Å². The van der Waals surface area contributed by atoms with Gasteiger partial charge in [0.1, 0.15) is 0 Å². The minimum absolute atomic E-state index is 0.106. The first kappa shape index (κ1) is 15.1. The van der Waals surface area contributed by atoms with Gasteiger partial charge in [-0.1, -0.05) is 56.5 Å². The molecule has 1 heterocycles. The molecule has 0 radical (unpaired) electrons. The molecule has 0 aromatic heterocycles. The summed E-state index contributed by atoms with van der Waals surface area (Å²) >= 11 is 0. The van der Waals surface area contributed by atoms with E-state index < -0.39 is 0 Å². The van der Waals surface area contributed by atoms with Crippen molar-refractivity contribution in [3.63, 3.8) is 0 Å². The lowest BCUT2D eigenvalue weighted by atomic mass is 9.80. The molecule has 0 bridgehead atoms. The van der Waals surface area contributed by atoms with Crippen LogP contribution in [-0.2, 0) is 5.54 Å². The minimum Gasteiger partial charge on any atom is -0.305 e. The molecule has 3 unspecified atom stereocenters. The van der Waals surface area contributed by atoms with E-state index in [1.165, 1.54) is 44.2 Å². The van der Waals surface area contributed by atoms with Crippen molar-refractivity contribution in [2.45, 2.75) is 57.5 Å². The Kier molecular flexibility index (Phi) is 4.66. The van der Waals surface area contributed by atoms with E-state index in [9.17, 15) is 0 Å². The number of nitrogens with zero attached hydrogens (tertiary/aromatic N) is 1. The number of hydrogen-bond donors (Lipinski definition) is 1. The SMILES string of the molecule is CCC1CCCCC1N1CCNC(C)(c2ccccc2)C1. The molecule has 1 aromatic rings. The van der Waals surface area contributed by atoms with Crippen LogP contribution >= 0.6 is 0 Å². The van der Waals surface area contributed by atoms with E-state index in [-0.39, 0.29) is 5.54 Å². The van der Waals surface area contributed by atoms with Crippen molar-refractivity contribution in [3.05, 3.63) is 35.9 Å². The first-order valence-electron chi connectivity index (χ1n) is 8.77. The Morgan fingerprint density at radius 1 is 1.19 bits per heavy atom. The van der Waals surface area contributed by atoms with Crippen LogP contribution in [0.1, 0.15) is 51.5 Å². The summed E-state index contributed by atoms with van der Waals surface area (Å²) in [6, 6.07) is 11.8. The van der Waals surface area contributed by atoms with E-state index in [2.05, 4.69) is 54.4 Å². The number of rotatable bonds is 3. The third-order valence-electron chi connectivity index (χ3n) is 5.71. The van der Waals surface area contributed by atoms with Crippen LogP contribution in [0.5, 0.6) is 0 Å². The second-order valence-electron chi connectivity index (χ2n) is 7.12. The minimum atomic E-state index is 0.106. The topological polar surface area (TPSA) is 15.3 Å². The molecule has 1 aliphatic heterocycles. The molecule has 116 valence electrons. The van der Waals surface area contributed by atoms with Gasteiger partial charge in [0.05, 0.1) is 5.54 Å². The van der Waals surface area contributed by atoms with Crippen LogP contribution in [0, 0.1) is 5.92 Å². The lowest BCUT2D eigenvalue weighted by Crippen LogP contribution is -2.60. The average Bonchev–Trinajstić information content (AvgIpc) is 2.56. The predicted molar refractivity (Wildman–Crippen MR) is 89.4 cm³/mol. The number of hydrogen-bond acceptors (Lipinski definition) is 2. The fraction of sp³-hybridized carbons (Fsp3) is 0.684. The van der Waals surface area contributed by atoms with Crippen LogP contribution in [0.15, 0.2) is 30.3 Å². The summed E-state index contributed by atoms with van der Waals surface area (Å²) < 4.78 is 0. The highest BCUT2D eigenvalue weighted by atomic mass is 15.2.